The number of carbonyl (C=O) groups is 2. The summed E-state index contributed by atoms with van der Waals surface area (Å²) < 4.78 is 5.37. The zero-order valence-electron chi connectivity index (χ0n) is 17.4. The van der Waals surface area contributed by atoms with Crippen molar-refractivity contribution in [2.24, 2.45) is 0 Å². The van der Waals surface area contributed by atoms with E-state index in [0.717, 1.165) is 35.5 Å². The summed E-state index contributed by atoms with van der Waals surface area (Å²) in [6.07, 6.45) is 2.36. The Labute approximate surface area is 172 Å². The van der Waals surface area contributed by atoms with E-state index in [1.807, 2.05) is 48.2 Å². The van der Waals surface area contributed by atoms with Gasteiger partial charge in [0.05, 0.1) is 18.4 Å². The maximum atomic E-state index is 12.9. The Morgan fingerprint density at radius 2 is 1.90 bits per heavy atom. The van der Waals surface area contributed by atoms with Gasteiger partial charge in [-0.05, 0) is 49.9 Å². The van der Waals surface area contributed by atoms with Crippen LogP contribution in [0.25, 0.3) is 0 Å². The van der Waals surface area contributed by atoms with E-state index >= 15 is 0 Å². The predicted octanol–water partition coefficient (Wildman–Crippen LogP) is 3.10. The smallest absolute Gasteiger partial charge is 0.253 e. The van der Waals surface area contributed by atoms with Crippen LogP contribution in [0.1, 0.15) is 53.0 Å². The average Bonchev–Trinajstić information content (AvgIpc) is 2.74. The van der Waals surface area contributed by atoms with Crippen LogP contribution in [0.15, 0.2) is 36.4 Å². The third-order valence-corrected chi connectivity index (χ3v) is 5.51. The van der Waals surface area contributed by atoms with E-state index in [1.165, 1.54) is 0 Å². The number of pyridine rings is 1. The molecule has 6 heteroatoms. The Morgan fingerprint density at radius 3 is 2.59 bits per heavy atom. The molecular formula is C23H29N3O3. The highest BCUT2D eigenvalue weighted by molar-refractivity contribution is 5.95. The van der Waals surface area contributed by atoms with Gasteiger partial charge in [-0.15, -0.1) is 0 Å². The number of nitrogens with one attached hydrogen (secondary N) is 1. The number of hydrogen-bond donors (Lipinski definition) is 1. The molecule has 1 saturated heterocycles. The fraction of sp³-hybridized carbons (Fsp3) is 0.435. The van der Waals surface area contributed by atoms with Gasteiger partial charge in [0.1, 0.15) is 5.75 Å². The minimum atomic E-state index is -0.101. The second-order valence-corrected chi connectivity index (χ2v) is 7.48. The van der Waals surface area contributed by atoms with Crippen LogP contribution in [-0.4, -0.2) is 48.4 Å². The van der Waals surface area contributed by atoms with Gasteiger partial charge in [0, 0.05) is 38.2 Å². The minimum Gasteiger partial charge on any atom is -0.496 e. The van der Waals surface area contributed by atoms with Gasteiger partial charge >= 0.3 is 0 Å². The lowest BCUT2D eigenvalue weighted by Gasteiger charge is -2.31. The molecule has 29 heavy (non-hydrogen) atoms. The Bertz CT molecular complexity index is 873. The van der Waals surface area contributed by atoms with Gasteiger partial charge in [-0.25, -0.2) is 0 Å². The minimum absolute atomic E-state index is 0.101. The molecule has 2 heterocycles. The molecule has 3 rings (SSSR count). The highest BCUT2D eigenvalue weighted by atomic mass is 16.5. The quantitative estimate of drug-likeness (QED) is 0.816. The third kappa shape index (κ3) is 5.13. The number of nitrogens with zero attached hydrogens (tertiary/aromatic N) is 2. The van der Waals surface area contributed by atoms with Gasteiger partial charge in [-0.2, -0.15) is 0 Å². The molecule has 0 saturated carbocycles. The van der Waals surface area contributed by atoms with Crippen molar-refractivity contribution in [3.05, 3.63) is 58.9 Å². The first kappa shape index (κ1) is 20.8. The Balaban J connectivity index is 1.67. The maximum Gasteiger partial charge on any atom is 0.253 e. The maximum absolute atomic E-state index is 12.9. The average molecular weight is 396 g/mol. The fourth-order valence-electron chi connectivity index (χ4n) is 3.86. The van der Waals surface area contributed by atoms with Crippen molar-refractivity contribution < 1.29 is 14.3 Å². The highest BCUT2D eigenvalue weighted by Gasteiger charge is 2.26. The number of amides is 2. The van der Waals surface area contributed by atoms with Gasteiger partial charge in [-0.3, -0.25) is 14.6 Å². The Morgan fingerprint density at radius 1 is 1.17 bits per heavy atom. The van der Waals surface area contributed by atoms with E-state index in [2.05, 4.69) is 5.32 Å². The van der Waals surface area contributed by atoms with E-state index in [0.29, 0.717) is 31.6 Å². The highest BCUT2D eigenvalue weighted by Crippen LogP contribution is 2.29. The second-order valence-electron chi connectivity index (χ2n) is 7.48. The summed E-state index contributed by atoms with van der Waals surface area (Å²) in [5, 5.41) is 3.03. The van der Waals surface area contributed by atoms with E-state index in [4.69, 9.17) is 9.72 Å². The first-order chi connectivity index (χ1) is 14.0. The normalized spacial score (nSPS) is 14.5. The molecular weight excluding hydrogens is 366 g/mol. The van der Waals surface area contributed by atoms with E-state index in [9.17, 15) is 9.59 Å². The molecule has 154 valence electrons. The lowest BCUT2D eigenvalue weighted by molar-refractivity contribution is -0.129. The molecule has 0 unspecified atom stereocenters. The van der Waals surface area contributed by atoms with Crippen LogP contribution in [0.5, 0.6) is 5.75 Å². The number of rotatable bonds is 6. The molecule has 2 amide bonds. The number of ether oxygens (including phenoxy) is 1. The summed E-state index contributed by atoms with van der Waals surface area (Å²) in [5.41, 5.74) is 3.45. The molecule has 2 aromatic rings. The fourth-order valence-corrected chi connectivity index (χ4v) is 3.86. The van der Waals surface area contributed by atoms with Crippen molar-refractivity contribution in [3.63, 3.8) is 0 Å². The molecule has 1 aromatic carbocycles. The van der Waals surface area contributed by atoms with Crippen molar-refractivity contribution in [3.8, 4) is 5.75 Å². The van der Waals surface area contributed by atoms with E-state index < -0.39 is 0 Å². The van der Waals surface area contributed by atoms with Crippen LogP contribution in [0.2, 0.25) is 0 Å². The van der Waals surface area contributed by atoms with Crippen LogP contribution in [0.4, 0.5) is 0 Å². The van der Waals surface area contributed by atoms with Gasteiger partial charge in [0.15, 0.2) is 0 Å². The number of benzene rings is 1. The topological polar surface area (TPSA) is 71.5 Å². The van der Waals surface area contributed by atoms with E-state index in [1.54, 1.807) is 14.0 Å². The van der Waals surface area contributed by atoms with Crippen LogP contribution in [-0.2, 0) is 11.2 Å². The summed E-state index contributed by atoms with van der Waals surface area (Å²) in [4.78, 5) is 31.0. The van der Waals surface area contributed by atoms with Gasteiger partial charge in [0.25, 0.3) is 5.91 Å². The summed E-state index contributed by atoms with van der Waals surface area (Å²) in [6, 6.07) is 11.6. The lowest BCUT2D eigenvalue weighted by atomic mass is 9.90. The number of aryl methyl sites for hydroxylation is 1. The monoisotopic (exact) mass is 395 g/mol. The molecule has 1 aliphatic heterocycles. The summed E-state index contributed by atoms with van der Waals surface area (Å²) in [6.45, 7) is 5.49. The Kier molecular flexibility index (Phi) is 6.86. The zero-order chi connectivity index (χ0) is 20.8. The number of likely N-dealkylation sites (tertiary alicyclic amines) is 1. The number of piperidine rings is 1. The molecule has 0 atom stereocenters. The second kappa shape index (κ2) is 9.54. The van der Waals surface area contributed by atoms with Crippen LogP contribution < -0.4 is 10.1 Å². The number of carbonyl (C=O) groups excluding carboxylic acids is 2. The number of para-hydroxylation sites is 1. The molecule has 1 N–H and O–H groups in total. The van der Waals surface area contributed by atoms with E-state index in [-0.39, 0.29) is 17.7 Å². The molecule has 6 nitrogen and oxygen atoms in total. The van der Waals surface area contributed by atoms with Crippen molar-refractivity contribution in [2.75, 3.05) is 26.7 Å². The van der Waals surface area contributed by atoms with Crippen molar-refractivity contribution >= 4 is 11.8 Å². The number of aromatic nitrogens is 1. The molecule has 0 bridgehead atoms. The van der Waals surface area contributed by atoms with Crippen LogP contribution in [0.3, 0.4) is 0 Å². The van der Waals surface area contributed by atoms with Crippen molar-refractivity contribution in [2.45, 2.75) is 39.0 Å². The standard InChI is InChI=1S/C23H29N3O3/c1-16-8-9-20(22(25-16)19-11-14-26(15-12-19)17(2)27)23(28)24-13-10-18-6-4-5-7-21(18)29-3/h4-9,19H,10-15H2,1-3H3,(H,24,28). The SMILES string of the molecule is COc1ccccc1CCNC(=O)c1ccc(C)nc1C1CCN(C(C)=O)CC1. The number of methoxy groups -OCH3 is 1. The Hall–Kier alpha value is -2.89. The lowest BCUT2D eigenvalue weighted by Crippen LogP contribution is -2.37. The molecule has 1 aliphatic rings. The number of hydrogen-bond acceptors (Lipinski definition) is 4. The van der Waals surface area contributed by atoms with Gasteiger partial charge in [0.2, 0.25) is 5.91 Å². The summed E-state index contributed by atoms with van der Waals surface area (Å²) in [5.74, 6) is 1.03. The van der Waals surface area contributed by atoms with Crippen LogP contribution in [0, 0.1) is 6.92 Å². The van der Waals surface area contributed by atoms with Crippen LogP contribution >= 0.6 is 0 Å². The molecule has 0 spiro atoms. The first-order valence-electron chi connectivity index (χ1n) is 10.1. The molecule has 1 fully saturated rings. The van der Waals surface area contributed by atoms with Gasteiger partial charge in [-0.1, -0.05) is 18.2 Å². The first-order valence-corrected chi connectivity index (χ1v) is 10.1. The largest absolute Gasteiger partial charge is 0.496 e. The van der Waals surface area contributed by atoms with Crippen molar-refractivity contribution in [1.82, 2.24) is 15.2 Å². The summed E-state index contributed by atoms with van der Waals surface area (Å²) >= 11 is 0. The third-order valence-electron chi connectivity index (χ3n) is 5.51. The predicted molar refractivity (Wildman–Crippen MR) is 112 cm³/mol. The van der Waals surface area contributed by atoms with Crippen molar-refractivity contribution in [1.29, 1.82) is 0 Å². The summed E-state index contributed by atoms with van der Waals surface area (Å²) in [7, 11) is 1.65. The molecule has 1 aromatic heterocycles. The molecule has 0 aliphatic carbocycles. The van der Waals surface area contributed by atoms with Gasteiger partial charge < -0.3 is 15.0 Å². The molecule has 0 radical (unpaired) electrons. The zero-order valence-corrected chi connectivity index (χ0v) is 17.4.